The van der Waals surface area contributed by atoms with Crippen molar-refractivity contribution in [2.45, 2.75) is 19.8 Å². The third-order valence-electron chi connectivity index (χ3n) is 3.36. The third-order valence-corrected chi connectivity index (χ3v) is 6.12. The minimum absolute atomic E-state index is 0. The quantitative estimate of drug-likeness (QED) is 0.298. The van der Waals surface area contributed by atoms with Gasteiger partial charge in [-0.3, -0.25) is 6.08 Å². The summed E-state index contributed by atoms with van der Waals surface area (Å²) < 4.78 is 0. The zero-order chi connectivity index (χ0) is 12.4. The second-order valence-corrected chi connectivity index (χ2v) is 6.89. The SMILES string of the molecule is CCCP(C1=[C-]CC=C1)[c-]1ccc2ccccc21.[F-].[F-].[Hf+4]. The van der Waals surface area contributed by atoms with Gasteiger partial charge in [0.05, 0.1) is 0 Å². The number of hydrogen-bond donors (Lipinski definition) is 0. The van der Waals surface area contributed by atoms with Crippen LogP contribution in [0.15, 0.2) is 53.9 Å². The number of hydrogen-bond acceptors (Lipinski definition) is 0. The van der Waals surface area contributed by atoms with Crippen LogP contribution < -0.4 is 14.7 Å². The van der Waals surface area contributed by atoms with Gasteiger partial charge in [-0.1, -0.05) is 19.4 Å². The number of rotatable bonds is 4. The third kappa shape index (κ3) is 4.23. The zero-order valence-electron chi connectivity index (χ0n) is 11.9. The molecule has 0 aliphatic heterocycles. The van der Waals surface area contributed by atoms with Crippen molar-refractivity contribution in [3.63, 3.8) is 0 Å². The molecular weight excluding hydrogens is 452 g/mol. The van der Waals surface area contributed by atoms with E-state index in [0.717, 1.165) is 6.42 Å². The van der Waals surface area contributed by atoms with Gasteiger partial charge in [-0.15, -0.1) is 54.7 Å². The van der Waals surface area contributed by atoms with Gasteiger partial charge >= 0.3 is 25.8 Å². The molecule has 0 spiro atoms. The van der Waals surface area contributed by atoms with Crippen molar-refractivity contribution in [2.75, 3.05) is 6.16 Å². The summed E-state index contributed by atoms with van der Waals surface area (Å²) in [6.07, 6.45) is 11.5. The van der Waals surface area contributed by atoms with Crippen LogP contribution in [0.1, 0.15) is 19.8 Å². The van der Waals surface area contributed by atoms with Crippen molar-refractivity contribution in [2.24, 2.45) is 0 Å². The molecule has 2 aromatic rings. The smallest absolute Gasteiger partial charge is 1.00 e. The molecular formula is C17H17F2HfP. The van der Waals surface area contributed by atoms with Crippen LogP contribution in [0.5, 0.6) is 0 Å². The maximum absolute atomic E-state index is 3.53. The van der Waals surface area contributed by atoms with Crippen molar-refractivity contribution in [3.05, 3.63) is 59.9 Å². The van der Waals surface area contributed by atoms with Crippen LogP contribution in [0.25, 0.3) is 10.8 Å². The number of halogens is 2. The molecule has 0 radical (unpaired) electrons. The summed E-state index contributed by atoms with van der Waals surface area (Å²) in [5, 5.41) is 5.80. The van der Waals surface area contributed by atoms with Gasteiger partial charge < -0.3 is 9.41 Å². The summed E-state index contributed by atoms with van der Waals surface area (Å²) in [4.78, 5) is 0. The van der Waals surface area contributed by atoms with E-state index < -0.39 is 0 Å². The molecule has 1 aliphatic rings. The van der Waals surface area contributed by atoms with Gasteiger partial charge in [-0.05, 0) is 6.16 Å². The van der Waals surface area contributed by atoms with Crippen molar-refractivity contribution < 1.29 is 35.3 Å². The number of benzene rings is 1. The van der Waals surface area contributed by atoms with Crippen LogP contribution in [0.4, 0.5) is 0 Å². The molecule has 108 valence electrons. The molecule has 0 fully saturated rings. The molecule has 0 amide bonds. The van der Waals surface area contributed by atoms with E-state index in [1.807, 2.05) is 0 Å². The van der Waals surface area contributed by atoms with Crippen molar-refractivity contribution in [3.8, 4) is 0 Å². The molecule has 1 aliphatic carbocycles. The predicted octanol–water partition coefficient (Wildman–Crippen LogP) is -1.27. The Morgan fingerprint density at radius 2 is 1.95 bits per heavy atom. The monoisotopic (exact) mass is 470 g/mol. The second kappa shape index (κ2) is 9.48. The molecule has 0 nitrogen and oxygen atoms in total. The summed E-state index contributed by atoms with van der Waals surface area (Å²) in [6, 6.07) is 13.3. The first-order valence-electron chi connectivity index (χ1n) is 6.59. The molecule has 0 aromatic heterocycles. The first kappa shape index (κ1) is 20.5. The van der Waals surface area contributed by atoms with Crippen LogP contribution in [-0.2, 0) is 25.8 Å². The second-order valence-electron chi connectivity index (χ2n) is 4.63. The van der Waals surface area contributed by atoms with E-state index in [-0.39, 0.29) is 43.2 Å². The van der Waals surface area contributed by atoms with E-state index in [0.29, 0.717) is 0 Å². The van der Waals surface area contributed by atoms with Gasteiger partial charge in [-0.25, -0.2) is 11.4 Å². The van der Waals surface area contributed by atoms with E-state index in [9.17, 15) is 0 Å². The van der Waals surface area contributed by atoms with Gasteiger partial charge in [0.2, 0.25) is 0 Å². The topological polar surface area (TPSA) is 0 Å². The van der Waals surface area contributed by atoms with Crippen molar-refractivity contribution in [1.82, 2.24) is 0 Å². The van der Waals surface area contributed by atoms with Crippen LogP contribution in [0, 0.1) is 6.08 Å². The molecule has 1 unspecified atom stereocenters. The van der Waals surface area contributed by atoms with Gasteiger partial charge in [0.25, 0.3) is 0 Å². The van der Waals surface area contributed by atoms with E-state index in [4.69, 9.17) is 0 Å². The summed E-state index contributed by atoms with van der Waals surface area (Å²) in [6.45, 7) is 2.28. The van der Waals surface area contributed by atoms with E-state index in [2.05, 4.69) is 61.5 Å². The molecule has 1 atom stereocenters. The van der Waals surface area contributed by atoms with Crippen LogP contribution >= 0.6 is 7.92 Å². The van der Waals surface area contributed by atoms with Gasteiger partial charge in [-0.2, -0.15) is 12.1 Å². The fourth-order valence-electron chi connectivity index (χ4n) is 2.54. The van der Waals surface area contributed by atoms with Crippen LogP contribution in [0.2, 0.25) is 0 Å². The van der Waals surface area contributed by atoms with E-state index in [1.54, 1.807) is 0 Å². The molecule has 0 saturated carbocycles. The molecule has 0 saturated heterocycles. The fraction of sp³-hybridized carbons (Fsp3) is 0.235. The standard InChI is InChI=1S/C17H17P.2FH.Hf/c1-2-13-18(15-8-4-5-9-15)17-12-11-14-7-3-6-10-16(14)17;;;/h3-4,6-8,10-12H,2,5,13H2,1H3;2*1H;/q-2;;;+4/p-2. The van der Waals surface area contributed by atoms with Gasteiger partial charge in [0.1, 0.15) is 0 Å². The van der Waals surface area contributed by atoms with Crippen molar-refractivity contribution in [1.29, 1.82) is 0 Å². The Morgan fingerprint density at radius 1 is 1.19 bits per heavy atom. The molecule has 21 heavy (non-hydrogen) atoms. The summed E-state index contributed by atoms with van der Waals surface area (Å²) >= 11 is 0. The Bertz CT molecular complexity index is 616. The minimum Gasteiger partial charge on any atom is -1.00 e. The molecule has 4 heteroatoms. The summed E-state index contributed by atoms with van der Waals surface area (Å²) in [5.74, 6) is 0. The summed E-state index contributed by atoms with van der Waals surface area (Å²) in [7, 11) is -0.201. The average molecular weight is 469 g/mol. The first-order chi connectivity index (χ1) is 8.90. The number of fused-ring (bicyclic) bond motifs is 1. The Hall–Kier alpha value is -0.530. The fourth-order valence-corrected chi connectivity index (χ4v) is 5.05. The first-order valence-corrected chi connectivity index (χ1v) is 8.12. The molecule has 0 bridgehead atoms. The maximum Gasteiger partial charge on any atom is 4.00 e. The van der Waals surface area contributed by atoms with Crippen LogP contribution in [0.3, 0.4) is 0 Å². The van der Waals surface area contributed by atoms with Crippen LogP contribution in [-0.4, -0.2) is 6.16 Å². The Morgan fingerprint density at radius 3 is 2.62 bits per heavy atom. The average Bonchev–Trinajstić information content (AvgIpc) is 3.06. The van der Waals surface area contributed by atoms with Crippen molar-refractivity contribution >= 4 is 24.0 Å². The molecule has 2 aromatic carbocycles. The van der Waals surface area contributed by atoms with Gasteiger partial charge in [0, 0.05) is 0 Å². The normalized spacial score (nSPS) is 13.9. The number of allylic oxidation sites excluding steroid dienone is 4. The van der Waals surface area contributed by atoms with E-state index >= 15 is 0 Å². The Labute approximate surface area is 145 Å². The minimum atomic E-state index is -0.201. The largest absolute Gasteiger partial charge is 4.00 e. The maximum atomic E-state index is 3.53. The Kier molecular flexibility index (Phi) is 9.24. The van der Waals surface area contributed by atoms with E-state index in [1.165, 1.54) is 34.0 Å². The Balaban J connectivity index is 0.00000133. The van der Waals surface area contributed by atoms with Gasteiger partial charge in [0.15, 0.2) is 0 Å². The molecule has 0 heterocycles. The molecule has 3 rings (SSSR count). The summed E-state index contributed by atoms with van der Waals surface area (Å²) in [5.41, 5.74) is 0. The zero-order valence-corrected chi connectivity index (χ0v) is 16.4. The predicted molar refractivity (Wildman–Crippen MR) is 81.8 cm³/mol. The molecule has 0 N–H and O–H groups in total.